The molecule has 0 aromatic heterocycles. The Bertz CT molecular complexity index is 543. The first-order valence-electron chi connectivity index (χ1n) is 6.34. The van der Waals surface area contributed by atoms with Crippen molar-refractivity contribution in [2.75, 3.05) is 17.7 Å². The van der Waals surface area contributed by atoms with Gasteiger partial charge in [-0.3, -0.25) is 0 Å². The summed E-state index contributed by atoms with van der Waals surface area (Å²) in [6, 6.07) is 14.2. The zero-order valence-electron chi connectivity index (χ0n) is 11.5. The van der Waals surface area contributed by atoms with Gasteiger partial charge in [0.05, 0.1) is 17.4 Å². The number of nitrogens with zero attached hydrogens (tertiary/aromatic N) is 1. The van der Waals surface area contributed by atoms with E-state index in [4.69, 9.17) is 17.3 Å². The second-order valence-electron chi connectivity index (χ2n) is 4.85. The molecule has 0 radical (unpaired) electrons. The molecule has 0 spiro atoms. The molecule has 3 heteroatoms. The van der Waals surface area contributed by atoms with E-state index in [1.54, 1.807) is 0 Å². The van der Waals surface area contributed by atoms with Crippen molar-refractivity contribution in [1.29, 1.82) is 0 Å². The number of nitrogen functional groups attached to an aromatic ring is 1. The van der Waals surface area contributed by atoms with E-state index in [0.717, 1.165) is 16.4 Å². The third-order valence-corrected chi connectivity index (χ3v) is 3.81. The van der Waals surface area contributed by atoms with Crippen LogP contribution in [0.1, 0.15) is 24.1 Å². The first kappa shape index (κ1) is 13.8. The molecular weight excluding hydrogens is 256 g/mol. The minimum Gasteiger partial charge on any atom is -0.397 e. The summed E-state index contributed by atoms with van der Waals surface area (Å²) in [6.07, 6.45) is 0. The summed E-state index contributed by atoms with van der Waals surface area (Å²) in [5, 5.41) is 0.758. The molecule has 2 N–H and O–H groups in total. The molecule has 100 valence electrons. The van der Waals surface area contributed by atoms with Crippen LogP contribution in [0.4, 0.5) is 11.4 Å². The van der Waals surface area contributed by atoms with E-state index < -0.39 is 0 Å². The van der Waals surface area contributed by atoms with Crippen LogP contribution in [0, 0.1) is 6.92 Å². The standard InChI is InChI=1S/C16H19ClN2/c1-11-5-4-6-15(18)16(11)19(3)12(2)13-7-9-14(17)10-8-13/h4-10,12H,18H2,1-3H3. The topological polar surface area (TPSA) is 29.3 Å². The van der Waals surface area contributed by atoms with Crippen molar-refractivity contribution in [1.82, 2.24) is 0 Å². The van der Waals surface area contributed by atoms with Crippen molar-refractivity contribution in [2.45, 2.75) is 19.9 Å². The summed E-state index contributed by atoms with van der Waals surface area (Å²) in [5.41, 5.74) is 10.4. The highest BCUT2D eigenvalue weighted by atomic mass is 35.5. The summed E-state index contributed by atoms with van der Waals surface area (Å²) in [7, 11) is 2.07. The van der Waals surface area contributed by atoms with Crippen molar-refractivity contribution < 1.29 is 0 Å². The lowest BCUT2D eigenvalue weighted by atomic mass is 10.0. The van der Waals surface area contributed by atoms with Crippen LogP contribution in [-0.4, -0.2) is 7.05 Å². The highest BCUT2D eigenvalue weighted by Crippen LogP contribution is 2.32. The molecule has 1 atom stereocenters. The number of aryl methyl sites for hydroxylation is 1. The minimum atomic E-state index is 0.237. The number of para-hydroxylation sites is 1. The molecule has 0 saturated heterocycles. The van der Waals surface area contributed by atoms with E-state index in [9.17, 15) is 0 Å². The lowest BCUT2D eigenvalue weighted by molar-refractivity contribution is 0.738. The molecule has 0 fully saturated rings. The SMILES string of the molecule is Cc1cccc(N)c1N(C)C(C)c1ccc(Cl)cc1. The van der Waals surface area contributed by atoms with E-state index in [1.807, 2.05) is 24.3 Å². The summed E-state index contributed by atoms with van der Waals surface area (Å²) in [5.74, 6) is 0. The summed E-state index contributed by atoms with van der Waals surface area (Å²) in [4.78, 5) is 2.20. The van der Waals surface area contributed by atoms with Gasteiger partial charge in [0, 0.05) is 12.1 Å². The summed E-state index contributed by atoms with van der Waals surface area (Å²) in [6.45, 7) is 4.24. The largest absolute Gasteiger partial charge is 0.397 e. The Kier molecular flexibility index (Phi) is 4.01. The number of nitrogens with two attached hydrogens (primary N) is 1. The molecule has 0 amide bonds. The highest BCUT2D eigenvalue weighted by molar-refractivity contribution is 6.30. The predicted molar refractivity (Wildman–Crippen MR) is 83.9 cm³/mol. The third kappa shape index (κ3) is 2.85. The number of halogens is 1. The molecule has 2 rings (SSSR count). The van der Waals surface area contributed by atoms with Crippen LogP contribution < -0.4 is 10.6 Å². The Morgan fingerprint density at radius 3 is 2.32 bits per heavy atom. The monoisotopic (exact) mass is 274 g/mol. The van der Waals surface area contributed by atoms with Gasteiger partial charge in [-0.05, 0) is 43.2 Å². The van der Waals surface area contributed by atoms with Crippen molar-refractivity contribution in [3.05, 3.63) is 58.6 Å². The number of hydrogen-bond acceptors (Lipinski definition) is 2. The second kappa shape index (κ2) is 5.54. The first-order valence-corrected chi connectivity index (χ1v) is 6.72. The van der Waals surface area contributed by atoms with Gasteiger partial charge in [0.1, 0.15) is 0 Å². The zero-order chi connectivity index (χ0) is 14.0. The maximum atomic E-state index is 6.10. The quantitative estimate of drug-likeness (QED) is 0.839. The predicted octanol–water partition coefficient (Wildman–Crippen LogP) is 4.43. The fourth-order valence-corrected chi connectivity index (χ4v) is 2.45. The van der Waals surface area contributed by atoms with Crippen LogP contribution in [0.5, 0.6) is 0 Å². The average Bonchev–Trinajstić information content (AvgIpc) is 2.38. The van der Waals surface area contributed by atoms with E-state index in [0.29, 0.717) is 0 Å². The van der Waals surface area contributed by atoms with E-state index in [2.05, 4.69) is 44.0 Å². The van der Waals surface area contributed by atoms with Crippen molar-refractivity contribution >= 4 is 23.0 Å². The molecule has 2 aromatic carbocycles. The van der Waals surface area contributed by atoms with Gasteiger partial charge in [0.25, 0.3) is 0 Å². The molecule has 0 bridgehead atoms. The molecule has 2 nitrogen and oxygen atoms in total. The number of hydrogen-bond donors (Lipinski definition) is 1. The molecule has 0 saturated carbocycles. The van der Waals surface area contributed by atoms with Gasteiger partial charge in [0.15, 0.2) is 0 Å². The number of anilines is 2. The Balaban J connectivity index is 2.33. The number of benzene rings is 2. The normalized spacial score (nSPS) is 12.2. The van der Waals surface area contributed by atoms with Crippen molar-refractivity contribution in [3.63, 3.8) is 0 Å². The maximum absolute atomic E-state index is 6.10. The summed E-state index contributed by atoms with van der Waals surface area (Å²) < 4.78 is 0. The Hall–Kier alpha value is -1.67. The van der Waals surface area contributed by atoms with Crippen LogP contribution in [0.15, 0.2) is 42.5 Å². The van der Waals surface area contributed by atoms with Gasteiger partial charge in [0.2, 0.25) is 0 Å². The van der Waals surface area contributed by atoms with Gasteiger partial charge in [-0.1, -0.05) is 35.9 Å². The van der Waals surface area contributed by atoms with Gasteiger partial charge in [-0.25, -0.2) is 0 Å². The van der Waals surface area contributed by atoms with E-state index in [-0.39, 0.29) is 6.04 Å². The molecule has 2 aromatic rings. The smallest absolute Gasteiger partial charge is 0.0632 e. The first-order chi connectivity index (χ1) is 9.00. The van der Waals surface area contributed by atoms with Gasteiger partial charge in [-0.2, -0.15) is 0 Å². The van der Waals surface area contributed by atoms with Crippen LogP contribution in [0.25, 0.3) is 0 Å². The van der Waals surface area contributed by atoms with E-state index >= 15 is 0 Å². The fraction of sp³-hybridized carbons (Fsp3) is 0.250. The molecule has 0 aliphatic rings. The molecule has 1 unspecified atom stereocenters. The van der Waals surface area contributed by atoms with Gasteiger partial charge >= 0.3 is 0 Å². The van der Waals surface area contributed by atoms with Crippen molar-refractivity contribution in [3.8, 4) is 0 Å². The van der Waals surface area contributed by atoms with Crippen LogP contribution in [-0.2, 0) is 0 Å². The molecule has 19 heavy (non-hydrogen) atoms. The lowest BCUT2D eigenvalue weighted by Crippen LogP contribution is -2.23. The second-order valence-corrected chi connectivity index (χ2v) is 5.29. The molecule has 0 aliphatic heterocycles. The molecule has 0 heterocycles. The van der Waals surface area contributed by atoms with Crippen molar-refractivity contribution in [2.24, 2.45) is 0 Å². The lowest BCUT2D eigenvalue weighted by Gasteiger charge is -2.30. The third-order valence-electron chi connectivity index (χ3n) is 3.56. The minimum absolute atomic E-state index is 0.237. The Morgan fingerprint density at radius 1 is 1.11 bits per heavy atom. The highest BCUT2D eigenvalue weighted by Gasteiger charge is 2.16. The molecular formula is C16H19ClN2. The van der Waals surface area contributed by atoms with Crippen LogP contribution in [0.3, 0.4) is 0 Å². The molecule has 0 aliphatic carbocycles. The van der Waals surface area contributed by atoms with Gasteiger partial charge < -0.3 is 10.6 Å². The Labute approximate surface area is 119 Å². The van der Waals surface area contributed by atoms with Crippen LogP contribution in [0.2, 0.25) is 5.02 Å². The average molecular weight is 275 g/mol. The van der Waals surface area contributed by atoms with Gasteiger partial charge in [-0.15, -0.1) is 0 Å². The number of rotatable bonds is 3. The van der Waals surface area contributed by atoms with E-state index in [1.165, 1.54) is 11.1 Å². The fourth-order valence-electron chi connectivity index (χ4n) is 2.32. The zero-order valence-corrected chi connectivity index (χ0v) is 12.3. The van der Waals surface area contributed by atoms with Crippen LogP contribution >= 0.6 is 11.6 Å². The maximum Gasteiger partial charge on any atom is 0.0632 e. The summed E-state index contributed by atoms with van der Waals surface area (Å²) >= 11 is 5.93. The Morgan fingerprint density at radius 2 is 1.74 bits per heavy atom.